The fourth-order valence-electron chi connectivity index (χ4n) is 4.64. The number of hydrogen-bond donors (Lipinski definition) is 2. The SMILES string of the molecule is CC(C)OC(=O)[C@H](C)NP(=O)(OC[C@@H]1C[C@H](C)[C@H](N2C=CC(O)N(COCc3ccccc3)C2=O)O1)Oc1ccccc1. The number of aliphatic hydroxyl groups excluding tert-OH is 1. The van der Waals surface area contributed by atoms with Gasteiger partial charge in [0.1, 0.15) is 24.8 Å². The number of ether oxygens (including phenoxy) is 3. The molecule has 2 unspecified atom stereocenters. The van der Waals surface area contributed by atoms with Gasteiger partial charge in [-0.3, -0.25) is 19.1 Å². The van der Waals surface area contributed by atoms with Crippen LogP contribution in [0.15, 0.2) is 72.9 Å². The topological polar surface area (TPSA) is 136 Å². The van der Waals surface area contributed by atoms with E-state index in [1.54, 1.807) is 44.2 Å². The van der Waals surface area contributed by atoms with Crippen LogP contribution in [0.5, 0.6) is 5.75 Å². The van der Waals surface area contributed by atoms with Crippen LogP contribution in [0.1, 0.15) is 39.7 Å². The lowest BCUT2D eigenvalue weighted by Crippen LogP contribution is -2.54. The smallest absolute Gasteiger partial charge is 0.459 e. The zero-order valence-electron chi connectivity index (χ0n) is 24.8. The molecule has 0 aromatic heterocycles. The minimum absolute atomic E-state index is 0.119. The summed E-state index contributed by atoms with van der Waals surface area (Å²) in [6, 6.07) is 16.5. The van der Waals surface area contributed by atoms with Gasteiger partial charge in [0.15, 0.2) is 6.23 Å². The summed E-state index contributed by atoms with van der Waals surface area (Å²) < 4.78 is 42.4. The standard InChI is InChI=1S/C30H40N3O9P/c1-21(2)40-29(35)23(4)31-43(37,42-25-13-9-6-10-14-25)39-19-26-17-22(3)28(41-26)32-16-15-27(34)33(30(32)36)20-38-18-24-11-7-5-8-12-24/h5-16,21-23,26-28,34H,17-20H2,1-4H3,(H,31,37)/t22-,23-,26-,27?,28+,43?/m0/s1. The van der Waals surface area contributed by atoms with Crippen LogP contribution < -0.4 is 9.61 Å². The number of urea groups is 1. The lowest BCUT2D eigenvalue weighted by molar-refractivity contribution is -0.149. The number of benzene rings is 2. The monoisotopic (exact) mass is 617 g/mol. The number of esters is 1. The number of carbonyl (C=O) groups is 2. The third kappa shape index (κ3) is 9.12. The van der Waals surface area contributed by atoms with Crippen molar-refractivity contribution in [1.29, 1.82) is 0 Å². The average molecular weight is 618 g/mol. The second-order valence-corrected chi connectivity index (χ2v) is 12.5. The molecule has 2 amide bonds. The molecule has 2 N–H and O–H groups in total. The van der Waals surface area contributed by atoms with Crippen molar-refractivity contribution in [1.82, 2.24) is 14.9 Å². The van der Waals surface area contributed by atoms with Crippen LogP contribution in [0.4, 0.5) is 4.79 Å². The van der Waals surface area contributed by atoms with Gasteiger partial charge in [0.05, 0.1) is 25.4 Å². The Morgan fingerprint density at radius 1 is 1.12 bits per heavy atom. The molecule has 0 spiro atoms. The summed E-state index contributed by atoms with van der Waals surface area (Å²) in [5.41, 5.74) is 0.943. The van der Waals surface area contributed by atoms with Crippen LogP contribution in [0.3, 0.4) is 0 Å². The highest BCUT2D eigenvalue weighted by atomic mass is 31.2. The number of rotatable bonds is 14. The number of nitrogens with one attached hydrogen (secondary N) is 1. The first kappa shape index (κ1) is 32.7. The summed E-state index contributed by atoms with van der Waals surface area (Å²) in [6.07, 6.45) is 0.774. The van der Waals surface area contributed by atoms with Crippen LogP contribution in [0.2, 0.25) is 0 Å². The molecule has 12 nitrogen and oxygen atoms in total. The molecule has 2 aliphatic rings. The molecule has 0 saturated carbocycles. The van der Waals surface area contributed by atoms with Crippen molar-refractivity contribution < 1.29 is 42.5 Å². The van der Waals surface area contributed by atoms with Crippen LogP contribution in [-0.2, 0) is 34.7 Å². The van der Waals surface area contributed by atoms with Gasteiger partial charge in [0, 0.05) is 12.1 Å². The van der Waals surface area contributed by atoms with E-state index in [2.05, 4.69) is 5.09 Å². The maximum atomic E-state index is 13.8. The van der Waals surface area contributed by atoms with Crippen molar-refractivity contribution in [3.8, 4) is 5.75 Å². The third-order valence-electron chi connectivity index (χ3n) is 6.73. The van der Waals surface area contributed by atoms with E-state index in [9.17, 15) is 19.3 Å². The van der Waals surface area contributed by atoms with Crippen LogP contribution >= 0.6 is 7.75 Å². The number of para-hydroxylation sites is 1. The molecule has 2 aromatic rings. The van der Waals surface area contributed by atoms with E-state index in [1.807, 2.05) is 37.3 Å². The molecule has 2 aliphatic heterocycles. The second kappa shape index (κ2) is 15.0. The van der Waals surface area contributed by atoms with Crippen molar-refractivity contribution in [2.45, 2.75) is 71.4 Å². The molecule has 6 atom stereocenters. The molecule has 0 bridgehead atoms. The summed E-state index contributed by atoms with van der Waals surface area (Å²) in [5.74, 6) is -0.429. The summed E-state index contributed by atoms with van der Waals surface area (Å²) in [5, 5.41) is 13.1. The first-order valence-corrected chi connectivity index (χ1v) is 15.8. The van der Waals surface area contributed by atoms with Gasteiger partial charge in [-0.2, -0.15) is 5.09 Å². The average Bonchev–Trinajstić information content (AvgIpc) is 3.34. The minimum Gasteiger partial charge on any atom is -0.462 e. The molecule has 13 heteroatoms. The van der Waals surface area contributed by atoms with Gasteiger partial charge in [-0.15, -0.1) is 0 Å². The van der Waals surface area contributed by atoms with Crippen molar-refractivity contribution in [2.24, 2.45) is 5.92 Å². The molecule has 2 aromatic carbocycles. The number of carbonyl (C=O) groups excluding carboxylic acids is 2. The number of aliphatic hydroxyl groups is 1. The fourth-order valence-corrected chi connectivity index (χ4v) is 6.16. The van der Waals surface area contributed by atoms with E-state index in [0.29, 0.717) is 12.2 Å². The van der Waals surface area contributed by atoms with Gasteiger partial charge in [-0.1, -0.05) is 55.5 Å². The van der Waals surface area contributed by atoms with E-state index in [-0.39, 0.29) is 32.0 Å². The molecule has 234 valence electrons. The van der Waals surface area contributed by atoms with Gasteiger partial charge in [-0.05, 0) is 51.0 Å². The summed E-state index contributed by atoms with van der Waals surface area (Å²) in [7, 11) is -4.07. The Morgan fingerprint density at radius 2 is 1.79 bits per heavy atom. The molecule has 1 fully saturated rings. The molecule has 2 heterocycles. The molecule has 0 aliphatic carbocycles. The quantitative estimate of drug-likeness (QED) is 0.228. The van der Waals surface area contributed by atoms with Gasteiger partial charge in [-0.25, -0.2) is 9.36 Å². The van der Waals surface area contributed by atoms with Crippen molar-refractivity contribution in [3.63, 3.8) is 0 Å². The normalized spacial score (nSPS) is 24.2. The minimum atomic E-state index is -4.07. The van der Waals surface area contributed by atoms with Crippen molar-refractivity contribution in [3.05, 3.63) is 78.5 Å². The highest BCUT2D eigenvalue weighted by Gasteiger charge is 2.43. The summed E-state index contributed by atoms with van der Waals surface area (Å²) >= 11 is 0. The number of hydrogen-bond acceptors (Lipinski definition) is 9. The highest BCUT2D eigenvalue weighted by molar-refractivity contribution is 7.52. The van der Waals surface area contributed by atoms with E-state index < -0.39 is 44.3 Å². The first-order valence-electron chi connectivity index (χ1n) is 14.2. The highest BCUT2D eigenvalue weighted by Crippen LogP contribution is 2.46. The first-order chi connectivity index (χ1) is 20.5. The Bertz CT molecular complexity index is 1280. The predicted octanol–water partition coefficient (Wildman–Crippen LogP) is 4.61. The molecule has 1 saturated heterocycles. The Balaban J connectivity index is 1.37. The molecule has 0 radical (unpaired) electrons. The molecule has 4 rings (SSSR count). The zero-order valence-corrected chi connectivity index (χ0v) is 25.7. The summed E-state index contributed by atoms with van der Waals surface area (Å²) in [6.45, 7) is 6.90. The number of nitrogens with zero attached hydrogens (tertiary/aromatic N) is 2. The fraction of sp³-hybridized carbons (Fsp3) is 0.467. The third-order valence-corrected chi connectivity index (χ3v) is 8.37. The van der Waals surface area contributed by atoms with E-state index in [4.69, 9.17) is 23.3 Å². The Hall–Kier alpha value is -3.25. The van der Waals surface area contributed by atoms with Crippen molar-refractivity contribution in [2.75, 3.05) is 13.3 Å². The maximum Gasteiger partial charge on any atom is 0.459 e. The predicted molar refractivity (Wildman–Crippen MR) is 157 cm³/mol. The van der Waals surface area contributed by atoms with Gasteiger partial charge in [0.2, 0.25) is 0 Å². The van der Waals surface area contributed by atoms with Crippen LogP contribution in [0, 0.1) is 5.92 Å². The van der Waals surface area contributed by atoms with E-state index in [0.717, 1.165) is 5.56 Å². The lowest BCUT2D eigenvalue weighted by atomic mass is 10.1. The number of amides is 2. The Labute approximate surface area is 252 Å². The van der Waals surface area contributed by atoms with E-state index in [1.165, 1.54) is 29.0 Å². The lowest BCUT2D eigenvalue weighted by Gasteiger charge is -2.38. The molecular formula is C30H40N3O9P. The maximum absolute atomic E-state index is 13.8. The zero-order chi connectivity index (χ0) is 31.0. The van der Waals surface area contributed by atoms with Crippen LogP contribution in [-0.4, -0.2) is 71.0 Å². The Morgan fingerprint density at radius 3 is 2.47 bits per heavy atom. The van der Waals surface area contributed by atoms with Crippen molar-refractivity contribution >= 4 is 19.7 Å². The largest absolute Gasteiger partial charge is 0.462 e. The second-order valence-electron chi connectivity index (χ2n) is 10.8. The van der Waals surface area contributed by atoms with E-state index >= 15 is 0 Å². The van der Waals surface area contributed by atoms with Gasteiger partial charge in [0.25, 0.3) is 0 Å². The van der Waals surface area contributed by atoms with Gasteiger partial charge >= 0.3 is 19.7 Å². The van der Waals surface area contributed by atoms with Gasteiger partial charge < -0.3 is 23.8 Å². The van der Waals surface area contributed by atoms with Crippen LogP contribution in [0.25, 0.3) is 0 Å². The molecular weight excluding hydrogens is 577 g/mol. The summed E-state index contributed by atoms with van der Waals surface area (Å²) in [4.78, 5) is 28.3. The molecule has 43 heavy (non-hydrogen) atoms. The Kier molecular flexibility index (Phi) is 11.4.